The van der Waals surface area contributed by atoms with Gasteiger partial charge in [-0.25, -0.2) is 9.87 Å². The molecule has 7 heteroatoms. The first-order valence-corrected chi connectivity index (χ1v) is 8.60. The Bertz CT molecular complexity index is 709. The van der Waals surface area contributed by atoms with Gasteiger partial charge >= 0.3 is 0 Å². The number of carbonyl (C=O) groups is 2. The van der Waals surface area contributed by atoms with Crippen molar-refractivity contribution in [1.82, 2.24) is 15.3 Å². The van der Waals surface area contributed by atoms with Gasteiger partial charge in [0.2, 0.25) is 5.91 Å². The summed E-state index contributed by atoms with van der Waals surface area (Å²) in [7, 11) is 0. The smallest absolute Gasteiger partial charge is 0.274 e. The topological polar surface area (TPSA) is 72.9 Å². The summed E-state index contributed by atoms with van der Waals surface area (Å²) in [6.45, 7) is 6.46. The zero-order valence-electron chi connectivity index (χ0n) is 14.6. The summed E-state index contributed by atoms with van der Waals surface area (Å²) in [5.74, 6) is -1.04. The molecule has 1 aromatic carbocycles. The third-order valence-electron chi connectivity index (χ3n) is 5.42. The summed E-state index contributed by atoms with van der Waals surface area (Å²) >= 11 is 0. The maximum Gasteiger partial charge on any atom is 0.274 e. The van der Waals surface area contributed by atoms with Crippen LogP contribution in [-0.2, 0) is 17.8 Å². The maximum absolute atomic E-state index is 14.3. The highest BCUT2D eigenvalue weighted by Gasteiger charge is 2.40. The monoisotopic (exact) mass is 349 g/mol. The van der Waals surface area contributed by atoms with Crippen molar-refractivity contribution in [3.63, 3.8) is 0 Å². The lowest BCUT2D eigenvalue weighted by Gasteiger charge is -2.40. The SMILES string of the molecule is CC(=O)N1CCCC1(C)CN1CCc2c(F)cc(C(=O)NO)cc2C1. The number of nitrogens with zero attached hydrogens (tertiary/aromatic N) is 2. The van der Waals surface area contributed by atoms with Gasteiger partial charge in [-0.3, -0.25) is 19.7 Å². The first-order valence-electron chi connectivity index (χ1n) is 8.60. The number of fused-ring (bicyclic) bond motifs is 1. The lowest BCUT2D eigenvalue weighted by molar-refractivity contribution is -0.133. The fourth-order valence-electron chi connectivity index (χ4n) is 4.24. The molecule has 1 unspecified atom stereocenters. The second-order valence-corrected chi connectivity index (χ2v) is 7.27. The number of likely N-dealkylation sites (tertiary alicyclic amines) is 1. The van der Waals surface area contributed by atoms with Crippen LogP contribution in [0.15, 0.2) is 12.1 Å². The Morgan fingerprint density at radius 1 is 1.36 bits per heavy atom. The van der Waals surface area contributed by atoms with E-state index in [0.29, 0.717) is 18.5 Å². The average Bonchev–Trinajstić information content (AvgIpc) is 2.95. The fourth-order valence-corrected chi connectivity index (χ4v) is 4.24. The molecule has 1 fully saturated rings. The standard InChI is InChI=1S/C18H24FN3O3/c1-12(23)22-6-3-5-18(22,2)11-21-7-4-15-14(10-21)8-13(9-16(15)19)17(24)20-25/h8-9,25H,3-7,10-11H2,1-2H3,(H,20,24). The van der Waals surface area contributed by atoms with Gasteiger partial charge in [-0.1, -0.05) is 0 Å². The first kappa shape index (κ1) is 17.8. The Kier molecular flexibility index (Phi) is 4.79. The van der Waals surface area contributed by atoms with Crippen molar-refractivity contribution in [3.8, 4) is 0 Å². The Labute approximate surface area is 146 Å². The summed E-state index contributed by atoms with van der Waals surface area (Å²) in [4.78, 5) is 27.6. The number of halogens is 1. The van der Waals surface area contributed by atoms with Gasteiger partial charge in [0.05, 0.1) is 5.54 Å². The Morgan fingerprint density at radius 2 is 2.12 bits per heavy atom. The van der Waals surface area contributed by atoms with E-state index < -0.39 is 11.7 Å². The Balaban J connectivity index is 1.80. The Morgan fingerprint density at radius 3 is 2.80 bits per heavy atom. The lowest BCUT2D eigenvalue weighted by Crippen LogP contribution is -2.52. The molecule has 2 aliphatic rings. The van der Waals surface area contributed by atoms with Crippen LogP contribution in [0.5, 0.6) is 0 Å². The highest BCUT2D eigenvalue weighted by atomic mass is 19.1. The highest BCUT2D eigenvalue weighted by molar-refractivity contribution is 5.93. The fraction of sp³-hybridized carbons (Fsp3) is 0.556. The van der Waals surface area contributed by atoms with Crippen molar-refractivity contribution in [3.05, 3.63) is 34.6 Å². The van der Waals surface area contributed by atoms with Gasteiger partial charge in [-0.2, -0.15) is 0 Å². The number of carbonyl (C=O) groups excluding carboxylic acids is 2. The van der Waals surface area contributed by atoms with Gasteiger partial charge in [-0.05, 0) is 49.4 Å². The third kappa shape index (κ3) is 3.39. The number of hydroxylamine groups is 1. The molecule has 2 N–H and O–H groups in total. The molecule has 0 bridgehead atoms. The van der Waals surface area contributed by atoms with E-state index >= 15 is 0 Å². The minimum Gasteiger partial charge on any atom is -0.336 e. The van der Waals surface area contributed by atoms with Crippen LogP contribution in [0, 0.1) is 5.82 Å². The van der Waals surface area contributed by atoms with Crippen LogP contribution in [0.4, 0.5) is 4.39 Å². The van der Waals surface area contributed by atoms with Gasteiger partial charge in [0.25, 0.3) is 5.91 Å². The van der Waals surface area contributed by atoms with Crippen molar-refractivity contribution in [2.75, 3.05) is 19.6 Å². The molecule has 0 spiro atoms. The van der Waals surface area contributed by atoms with E-state index in [2.05, 4.69) is 11.8 Å². The molecule has 0 aromatic heterocycles. The second kappa shape index (κ2) is 6.72. The van der Waals surface area contributed by atoms with Crippen LogP contribution in [0.25, 0.3) is 0 Å². The van der Waals surface area contributed by atoms with E-state index in [0.717, 1.165) is 44.1 Å². The largest absolute Gasteiger partial charge is 0.336 e. The molecule has 2 aliphatic heterocycles. The molecule has 0 aliphatic carbocycles. The molecular formula is C18H24FN3O3. The first-order chi connectivity index (χ1) is 11.8. The van der Waals surface area contributed by atoms with Gasteiger partial charge in [0.1, 0.15) is 5.82 Å². The van der Waals surface area contributed by atoms with Crippen LogP contribution < -0.4 is 5.48 Å². The second-order valence-electron chi connectivity index (χ2n) is 7.27. The minimum absolute atomic E-state index is 0.0883. The molecule has 1 aromatic rings. The van der Waals surface area contributed by atoms with Crippen LogP contribution in [-0.4, -0.2) is 52.0 Å². The quantitative estimate of drug-likeness (QED) is 0.644. The molecule has 0 saturated carbocycles. The summed E-state index contributed by atoms with van der Waals surface area (Å²) in [6, 6.07) is 2.80. The van der Waals surface area contributed by atoms with Crippen molar-refractivity contribution in [2.45, 2.75) is 45.2 Å². The summed E-state index contributed by atoms with van der Waals surface area (Å²) in [6.07, 6.45) is 2.52. The van der Waals surface area contributed by atoms with E-state index in [1.165, 1.54) is 0 Å². The van der Waals surface area contributed by atoms with Gasteiger partial charge in [0, 0.05) is 38.7 Å². The van der Waals surface area contributed by atoms with E-state index in [4.69, 9.17) is 5.21 Å². The minimum atomic E-state index is -0.718. The zero-order valence-corrected chi connectivity index (χ0v) is 14.6. The molecule has 1 saturated heterocycles. The van der Waals surface area contributed by atoms with Gasteiger partial charge in [-0.15, -0.1) is 0 Å². The van der Waals surface area contributed by atoms with Crippen molar-refractivity contribution in [2.24, 2.45) is 0 Å². The van der Waals surface area contributed by atoms with Crippen LogP contribution in [0.2, 0.25) is 0 Å². The lowest BCUT2D eigenvalue weighted by atomic mass is 9.93. The van der Waals surface area contributed by atoms with E-state index in [1.54, 1.807) is 18.5 Å². The van der Waals surface area contributed by atoms with E-state index in [9.17, 15) is 14.0 Å². The molecule has 2 amide bonds. The maximum atomic E-state index is 14.3. The van der Waals surface area contributed by atoms with Crippen molar-refractivity contribution in [1.29, 1.82) is 0 Å². The number of nitrogens with one attached hydrogen (secondary N) is 1. The molecule has 25 heavy (non-hydrogen) atoms. The molecule has 0 radical (unpaired) electrons. The van der Waals surface area contributed by atoms with Crippen LogP contribution in [0.1, 0.15) is 48.2 Å². The number of hydrogen-bond donors (Lipinski definition) is 2. The van der Waals surface area contributed by atoms with Crippen LogP contribution in [0.3, 0.4) is 0 Å². The number of hydrogen-bond acceptors (Lipinski definition) is 4. The molecule has 2 heterocycles. The predicted octanol–water partition coefficient (Wildman–Crippen LogP) is 1.70. The average molecular weight is 349 g/mol. The van der Waals surface area contributed by atoms with E-state index in [1.807, 2.05) is 4.90 Å². The number of rotatable bonds is 3. The summed E-state index contributed by atoms with van der Waals surface area (Å²) in [5, 5.41) is 8.77. The molecule has 6 nitrogen and oxygen atoms in total. The van der Waals surface area contributed by atoms with Crippen molar-refractivity contribution < 1.29 is 19.2 Å². The van der Waals surface area contributed by atoms with Gasteiger partial charge in [0.15, 0.2) is 0 Å². The number of amides is 2. The molecular weight excluding hydrogens is 325 g/mol. The third-order valence-corrected chi connectivity index (χ3v) is 5.42. The van der Waals surface area contributed by atoms with Gasteiger partial charge < -0.3 is 4.90 Å². The molecule has 3 rings (SSSR count). The summed E-state index contributed by atoms with van der Waals surface area (Å²) in [5.41, 5.74) is 2.84. The van der Waals surface area contributed by atoms with Crippen LogP contribution >= 0.6 is 0 Å². The Hall–Kier alpha value is -1.99. The van der Waals surface area contributed by atoms with Crippen molar-refractivity contribution >= 4 is 11.8 Å². The molecule has 1 atom stereocenters. The summed E-state index contributed by atoms with van der Waals surface area (Å²) < 4.78 is 14.3. The molecule has 136 valence electrons. The normalized spacial score (nSPS) is 23.4. The highest BCUT2D eigenvalue weighted by Crippen LogP contribution is 2.32. The predicted molar refractivity (Wildman–Crippen MR) is 89.7 cm³/mol. The zero-order chi connectivity index (χ0) is 18.2. The van der Waals surface area contributed by atoms with E-state index in [-0.39, 0.29) is 17.0 Å². The number of benzene rings is 1.